The molecule has 9 nitrogen and oxygen atoms in total. The van der Waals surface area contributed by atoms with Gasteiger partial charge in [0.1, 0.15) is 29.1 Å². The molecule has 0 radical (unpaired) electrons. The number of rotatable bonds is 10. The summed E-state index contributed by atoms with van der Waals surface area (Å²) in [6.45, 7) is 0.744. The zero-order valence-corrected chi connectivity index (χ0v) is 27.5. The van der Waals surface area contributed by atoms with E-state index in [9.17, 15) is 35.6 Å². The van der Waals surface area contributed by atoms with Gasteiger partial charge in [0.25, 0.3) is 5.91 Å². The molecule has 0 aromatic heterocycles. The predicted molar refractivity (Wildman–Crippen MR) is 174 cm³/mol. The van der Waals surface area contributed by atoms with Gasteiger partial charge in [0, 0.05) is 49.3 Å². The molecule has 15 heteroatoms. The summed E-state index contributed by atoms with van der Waals surface area (Å²) in [5.41, 5.74) is 5.38. The van der Waals surface area contributed by atoms with Gasteiger partial charge in [0.05, 0.1) is 23.7 Å². The summed E-state index contributed by atoms with van der Waals surface area (Å²) in [5, 5.41) is 3.13. The van der Waals surface area contributed by atoms with Crippen molar-refractivity contribution in [1.82, 2.24) is 9.62 Å². The van der Waals surface area contributed by atoms with Gasteiger partial charge in [-0.25, -0.2) is 40.1 Å². The Balaban J connectivity index is 1.52. The number of hydrogen-bond donors (Lipinski definition) is 2. The van der Waals surface area contributed by atoms with Crippen LogP contribution in [-0.2, 0) is 26.0 Å². The number of hydrogen-bond acceptors (Lipinski definition) is 7. The lowest BCUT2D eigenvalue weighted by Crippen LogP contribution is -2.53. The molecule has 4 aromatic rings. The maximum absolute atomic E-state index is 15.6. The molecule has 4 aromatic carbocycles. The highest BCUT2D eigenvalue weighted by atomic mass is 32.2. The number of carbonyl (C=O) groups is 2. The molecule has 1 heterocycles. The van der Waals surface area contributed by atoms with E-state index in [4.69, 9.17) is 10.5 Å². The Morgan fingerprint density at radius 3 is 2.04 bits per heavy atom. The SMILES string of the molecule is COC(=O)N(C(=O)[C@@H](N)C(c1cc(F)cc(F)c1)c1cc(F)cc(F)c1)c1cccc(F)c1CC[C@H]1CNCCN1S(=O)(=O)c1ccccc1. The number of carbonyl (C=O) groups excluding carboxylic acids is 2. The van der Waals surface area contributed by atoms with Crippen LogP contribution in [0.5, 0.6) is 0 Å². The number of nitrogens with zero attached hydrogens (tertiary/aromatic N) is 2. The first-order valence-corrected chi connectivity index (χ1v) is 16.9. The van der Waals surface area contributed by atoms with Gasteiger partial charge in [-0.1, -0.05) is 24.3 Å². The standard InChI is InChI=1S/C35H33F5N4O5S/c1-49-35(46)44(34(45)33(41)32(21-14-23(36)18-24(37)15-21)22-16-25(38)19-26(39)17-22)31-9-5-8-30(40)29(31)11-10-27-20-42-12-13-43(27)50(47,48)28-6-3-2-4-7-28/h2-9,14-19,27,32-33,42H,10-13,20,41H2,1H3/t27-,33-/m0/s1. The first kappa shape index (κ1) is 36.6. The molecule has 0 aliphatic carbocycles. The van der Waals surface area contributed by atoms with Gasteiger partial charge in [-0.3, -0.25) is 4.79 Å². The van der Waals surface area contributed by atoms with E-state index in [-0.39, 0.29) is 53.2 Å². The first-order chi connectivity index (χ1) is 23.8. The summed E-state index contributed by atoms with van der Waals surface area (Å²) in [6, 6.07) is 13.2. The maximum atomic E-state index is 15.6. The van der Waals surface area contributed by atoms with Crippen molar-refractivity contribution in [2.45, 2.75) is 35.7 Å². The zero-order valence-electron chi connectivity index (χ0n) is 26.7. The number of benzene rings is 4. The molecule has 0 saturated carbocycles. The highest BCUT2D eigenvalue weighted by Gasteiger charge is 2.38. The molecule has 50 heavy (non-hydrogen) atoms. The number of ether oxygens (including phenoxy) is 1. The summed E-state index contributed by atoms with van der Waals surface area (Å²) in [6.07, 6.45) is -1.42. The zero-order chi connectivity index (χ0) is 36.2. The van der Waals surface area contributed by atoms with Gasteiger partial charge < -0.3 is 15.8 Å². The van der Waals surface area contributed by atoms with Crippen LogP contribution in [0.15, 0.2) is 89.8 Å². The van der Waals surface area contributed by atoms with Crippen molar-refractivity contribution >= 4 is 27.7 Å². The van der Waals surface area contributed by atoms with Crippen molar-refractivity contribution in [3.8, 4) is 0 Å². The molecule has 1 saturated heterocycles. The topological polar surface area (TPSA) is 122 Å². The van der Waals surface area contributed by atoms with Crippen LogP contribution in [0.2, 0.25) is 0 Å². The summed E-state index contributed by atoms with van der Waals surface area (Å²) in [5.74, 6) is -7.98. The highest BCUT2D eigenvalue weighted by Crippen LogP contribution is 2.34. The maximum Gasteiger partial charge on any atom is 0.420 e. The minimum Gasteiger partial charge on any atom is -0.452 e. The van der Waals surface area contributed by atoms with Crippen LogP contribution in [0.3, 0.4) is 0 Å². The molecule has 1 aliphatic rings. The van der Waals surface area contributed by atoms with E-state index in [1.54, 1.807) is 18.2 Å². The van der Waals surface area contributed by atoms with E-state index >= 15 is 4.39 Å². The van der Waals surface area contributed by atoms with Gasteiger partial charge in [-0.05, 0) is 72.5 Å². The van der Waals surface area contributed by atoms with Crippen molar-refractivity contribution in [1.29, 1.82) is 0 Å². The smallest absolute Gasteiger partial charge is 0.420 e. The van der Waals surface area contributed by atoms with Crippen LogP contribution in [0, 0.1) is 29.1 Å². The number of methoxy groups -OCH3 is 1. The Labute approximate surface area is 285 Å². The molecular weight excluding hydrogens is 683 g/mol. The van der Waals surface area contributed by atoms with Gasteiger partial charge in [-0.15, -0.1) is 0 Å². The van der Waals surface area contributed by atoms with Crippen LogP contribution in [0.25, 0.3) is 0 Å². The average Bonchev–Trinajstić information content (AvgIpc) is 3.07. The number of anilines is 1. The molecule has 3 N–H and O–H groups in total. The van der Waals surface area contributed by atoms with E-state index in [1.807, 2.05) is 0 Å². The van der Waals surface area contributed by atoms with Crippen molar-refractivity contribution in [3.05, 3.63) is 131 Å². The lowest BCUT2D eigenvalue weighted by atomic mass is 9.84. The molecule has 1 fully saturated rings. The second kappa shape index (κ2) is 15.5. The number of amides is 2. The van der Waals surface area contributed by atoms with E-state index in [1.165, 1.54) is 28.6 Å². The van der Waals surface area contributed by atoms with Crippen molar-refractivity contribution in [2.24, 2.45) is 5.73 Å². The van der Waals surface area contributed by atoms with Crippen LogP contribution in [-0.4, -0.2) is 63.6 Å². The Bertz CT molecular complexity index is 1890. The Kier molecular flexibility index (Phi) is 11.3. The van der Waals surface area contributed by atoms with Crippen LogP contribution < -0.4 is 16.0 Å². The number of imide groups is 1. The molecule has 2 atom stereocenters. The van der Waals surface area contributed by atoms with Gasteiger partial charge >= 0.3 is 6.09 Å². The third-order valence-electron chi connectivity index (χ3n) is 8.42. The number of piperazine rings is 1. The largest absolute Gasteiger partial charge is 0.452 e. The minimum atomic E-state index is -3.93. The number of nitrogens with two attached hydrogens (primary N) is 1. The van der Waals surface area contributed by atoms with Crippen molar-refractivity contribution in [2.75, 3.05) is 31.6 Å². The number of nitrogens with one attached hydrogen (secondary N) is 1. The summed E-state index contributed by atoms with van der Waals surface area (Å²) in [7, 11) is -2.98. The second-order valence-electron chi connectivity index (χ2n) is 11.6. The van der Waals surface area contributed by atoms with Crippen molar-refractivity contribution < 1.29 is 44.7 Å². The monoisotopic (exact) mass is 716 g/mol. The molecule has 2 amide bonds. The summed E-state index contributed by atoms with van der Waals surface area (Å²) >= 11 is 0. The van der Waals surface area contributed by atoms with E-state index in [0.717, 1.165) is 37.4 Å². The lowest BCUT2D eigenvalue weighted by molar-refractivity contribution is -0.119. The minimum absolute atomic E-state index is 0.0516. The fourth-order valence-electron chi connectivity index (χ4n) is 6.15. The summed E-state index contributed by atoms with van der Waals surface area (Å²) in [4.78, 5) is 28.0. The quantitative estimate of drug-likeness (QED) is 0.216. The summed E-state index contributed by atoms with van der Waals surface area (Å²) < 4.78 is 106. The second-order valence-corrected chi connectivity index (χ2v) is 13.5. The van der Waals surface area contributed by atoms with Crippen LogP contribution in [0.4, 0.5) is 32.4 Å². The normalized spacial score (nSPS) is 15.9. The van der Waals surface area contributed by atoms with Crippen LogP contribution in [0.1, 0.15) is 29.0 Å². The molecule has 0 unspecified atom stereocenters. The third-order valence-corrected chi connectivity index (χ3v) is 10.4. The van der Waals surface area contributed by atoms with Crippen LogP contribution >= 0.6 is 0 Å². The first-order valence-electron chi connectivity index (χ1n) is 15.5. The van der Waals surface area contributed by atoms with Gasteiger partial charge in [-0.2, -0.15) is 4.31 Å². The Morgan fingerprint density at radius 1 is 0.900 bits per heavy atom. The lowest BCUT2D eigenvalue weighted by Gasteiger charge is -2.35. The fourth-order valence-corrected chi connectivity index (χ4v) is 7.83. The Hall–Kier alpha value is -4.70. The molecule has 264 valence electrons. The van der Waals surface area contributed by atoms with E-state index in [0.29, 0.717) is 23.6 Å². The number of halogens is 5. The Morgan fingerprint density at radius 2 is 1.48 bits per heavy atom. The number of sulfonamides is 1. The average molecular weight is 717 g/mol. The molecule has 1 aliphatic heterocycles. The molecule has 5 rings (SSSR count). The predicted octanol–water partition coefficient (Wildman–Crippen LogP) is 5.24. The third kappa shape index (κ3) is 7.86. The molecule has 0 spiro atoms. The fraction of sp³-hybridized carbons (Fsp3) is 0.257. The molecule has 0 bridgehead atoms. The van der Waals surface area contributed by atoms with Gasteiger partial charge in [0.15, 0.2) is 0 Å². The highest BCUT2D eigenvalue weighted by molar-refractivity contribution is 7.89. The molecular formula is C35H33F5N4O5S. The van der Waals surface area contributed by atoms with Crippen molar-refractivity contribution in [3.63, 3.8) is 0 Å². The van der Waals surface area contributed by atoms with E-state index < -0.39 is 69.1 Å². The van der Waals surface area contributed by atoms with Gasteiger partial charge in [0.2, 0.25) is 10.0 Å². The van der Waals surface area contributed by atoms with E-state index in [2.05, 4.69) is 5.32 Å².